The molecular formula is C10H18N2O4. The first-order valence-electron chi connectivity index (χ1n) is 5.50. The SMILES string of the molecule is O=C(CC1CCCN1)N[C@H](CCO)C(=O)O. The number of rotatable bonds is 6. The maximum Gasteiger partial charge on any atom is 0.326 e. The van der Waals surface area contributed by atoms with E-state index in [1.807, 2.05) is 0 Å². The molecule has 92 valence electrons. The van der Waals surface area contributed by atoms with Gasteiger partial charge in [0.2, 0.25) is 5.91 Å². The van der Waals surface area contributed by atoms with Crippen molar-refractivity contribution < 1.29 is 19.8 Å². The molecule has 1 aliphatic heterocycles. The van der Waals surface area contributed by atoms with E-state index < -0.39 is 12.0 Å². The molecule has 2 atom stereocenters. The quantitative estimate of drug-likeness (QED) is 0.473. The summed E-state index contributed by atoms with van der Waals surface area (Å²) in [6, 6.07) is -0.831. The zero-order valence-electron chi connectivity index (χ0n) is 9.11. The number of nitrogens with one attached hydrogen (secondary N) is 2. The van der Waals surface area contributed by atoms with Crippen molar-refractivity contribution >= 4 is 11.9 Å². The number of carboxylic acid groups (broad SMARTS) is 1. The minimum absolute atomic E-state index is 0.0408. The molecule has 1 fully saturated rings. The Morgan fingerprint density at radius 3 is 2.75 bits per heavy atom. The lowest BCUT2D eigenvalue weighted by molar-refractivity contribution is -0.142. The Hall–Kier alpha value is -1.14. The van der Waals surface area contributed by atoms with Crippen molar-refractivity contribution in [1.29, 1.82) is 0 Å². The van der Waals surface area contributed by atoms with Crippen LogP contribution in [0.4, 0.5) is 0 Å². The topological polar surface area (TPSA) is 98.7 Å². The molecule has 1 amide bonds. The maximum absolute atomic E-state index is 11.5. The van der Waals surface area contributed by atoms with Crippen LogP contribution in [0.1, 0.15) is 25.7 Å². The van der Waals surface area contributed by atoms with Gasteiger partial charge in [-0.05, 0) is 19.4 Å². The van der Waals surface area contributed by atoms with Gasteiger partial charge in [0, 0.05) is 25.5 Å². The summed E-state index contributed by atoms with van der Waals surface area (Å²) in [4.78, 5) is 22.2. The molecule has 6 heteroatoms. The van der Waals surface area contributed by atoms with E-state index in [9.17, 15) is 9.59 Å². The van der Waals surface area contributed by atoms with E-state index in [0.29, 0.717) is 6.42 Å². The van der Waals surface area contributed by atoms with Gasteiger partial charge < -0.3 is 20.8 Å². The molecule has 0 radical (unpaired) electrons. The van der Waals surface area contributed by atoms with E-state index in [2.05, 4.69) is 10.6 Å². The molecule has 6 nitrogen and oxygen atoms in total. The van der Waals surface area contributed by atoms with Gasteiger partial charge in [0.05, 0.1) is 0 Å². The smallest absolute Gasteiger partial charge is 0.326 e. The van der Waals surface area contributed by atoms with Gasteiger partial charge in [-0.2, -0.15) is 0 Å². The summed E-state index contributed by atoms with van der Waals surface area (Å²) >= 11 is 0. The maximum atomic E-state index is 11.5. The molecular weight excluding hydrogens is 212 g/mol. The van der Waals surface area contributed by atoms with Crippen LogP contribution in [0.2, 0.25) is 0 Å². The van der Waals surface area contributed by atoms with Crippen LogP contribution in [0, 0.1) is 0 Å². The molecule has 4 N–H and O–H groups in total. The minimum Gasteiger partial charge on any atom is -0.480 e. The fourth-order valence-corrected chi connectivity index (χ4v) is 1.79. The van der Waals surface area contributed by atoms with Crippen molar-refractivity contribution in [3.8, 4) is 0 Å². The summed E-state index contributed by atoms with van der Waals surface area (Å²) in [6.45, 7) is 0.663. The van der Waals surface area contributed by atoms with Gasteiger partial charge in [-0.15, -0.1) is 0 Å². The van der Waals surface area contributed by atoms with E-state index in [0.717, 1.165) is 19.4 Å². The molecule has 16 heavy (non-hydrogen) atoms. The van der Waals surface area contributed by atoms with E-state index in [-0.39, 0.29) is 25.0 Å². The van der Waals surface area contributed by atoms with Gasteiger partial charge in [-0.25, -0.2) is 4.79 Å². The molecule has 0 saturated carbocycles. The minimum atomic E-state index is -1.11. The average molecular weight is 230 g/mol. The predicted molar refractivity (Wildman–Crippen MR) is 56.9 cm³/mol. The summed E-state index contributed by atoms with van der Waals surface area (Å²) in [5, 5.41) is 23.0. The second kappa shape index (κ2) is 6.44. The summed E-state index contributed by atoms with van der Waals surface area (Å²) in [5.41, 5.74) is 0. The number of aliphatic carboxylic acids is 1. The van der Waals surface area contributed by atoms with Crippen molar-refractivity contribution in [3.05, 3.63) is 0 Å². The summed E-state index contributed by atoms with van der Waals surface area (Å²) in [5.74, 6) is -1.39. The molecule has 1 aliphatic rings. The zero-order valence-corrected chi connectivity index (χ0v) is 9.11. The summed E-state index contributed by atoms with van der Waals surface area (Å²) < 4.78 is 0. The van der Waals surface area contributed by atoms with Gasteiger partial charge in [-0.1, -0.05) is 0 Å². The number of aliphatic hydroxyl groups excluding tert-OH is 1. The molecule has 1 unspecified atom stereocenters. The number of amides is 1. The number of aliphatic hydroxyl groups is 1. The lowest BCUT2D eigenvalue weighted by atomic mass is 10.1. The van der Waals surface area contributed by atoms with Crippen LogP contribution in [-0.4, -0.2) is 47.3 Å². The number of hydrogen-bond acceptors (Lipinski definition) is 4. The Labute approximate surface area is 94.0 Å². The molecule has 0 spiro atoms. The normalized spacial score (nSPS) is 21.7. The standard InChI is InChI=1S/C10H18N2O4/c13-5-3-8(10(15)16)12-9(14)6-7-2-1-4-11-7/h7-8,11,13H,1-6H2,(H,12,14)(H,15,16)/t7?,8-/m1/s1. The number of carboxylic acids is 1. The lowest BCUT2D eigenvalue weighted by Gasteiger charge is -2.15. The van der Waals surface area contributed by atoms with Crippen LogP contribution in [0.5, 0.6) is 0 Å². The van der Waals surface area contributed by atoms with Crippen LogP contribution in [0.15, 0.2) is 0 Å². The van der Waals surface area contributed by atoms with Crippen LogP contribution in [-0.2, 0) is 9.59 Å². The van der Waals surface area contributed by atoms with E-state index >= 15 is 0 Å². The highest BCUT2D eigenvalue weighted by Crippen LogP contribution is 2.08. The van der Waals surface area contributed by atoms with Gasteiger partial charge in [0.1, 0.15) is 6.04 Å². The zero-order chi connectivity index (χ0) is 12.0. The van der Waals surface area contributed by atoms with E-state index in [1.165, 1.54) is 0 Å². The van der Waals surface area contributed by atoms with Crippen LogP contribution < -0.4 is 10.6 Å². The molecule has 1 saturated heterocycles. The first-order chi connectivity index (χ1) is 7.63. The number of carbonyl (C=O) groups is 2. The Bertz CT molecular complexity index is 251. The van der Waals surface area contributed by atoms with Gasteiger partial charge in [0.15, 0.2) is 0 Å². The highest BCUT2D eigenvalue weighted by Gasteiger charge is 2.22. The third-order valence-electron chi connectivity index (χ3n) is 2.65. The fraction of sp³-hybridized carbons (Fsp3) is 0.800. The fourth-order valence-electron chi connectivity index (χ4n) is 1.79. The number of carbonyl (C=O) groups excluding carboxylic acids is 1. The monoisotopic (exact) mass is 230 g/mol. The summed E-state index contributed by atoms with van der Waals surface area (Å²) in [6.07, 6.45) is 2.34. The molecule has 0 aliphatic carbocycles. The van der Waals surface area contributed by atoms with Crippen molar-refractivity contribution in [2.45, 2.75) is 37.8 Å². The van der Waals surface area contributed by atoms with Gasteiger partial charge >= 0.3 is 5.97 Å². The van der Waals surface area contributed by atoms with Gasteiger partial charge in [0.25, 0.3) is 0 Å². The molecule has 1 rings (SSSR count). The molecule has 0 aromatic heterocycles. The van der Waals surface area contributed by atoms with Crippen molar-refractivity contribution in [2.75, 3.05) is 13.2 Å². The van der Waals surface area contributed by atoms with E-state index in [1.54, 1.807) is 0 Å². The van der Waals surface area contributed by atoms with Crippen LogP contribution >= 0.6 is 0 Å². The third-order valence-corrected chi connectivity index (χ3v) is 2.65. The highest BCUT2D eigenvalue weighted by molar-refractivity contribution is 5.83. The Morgan fingerprint density at radius 2 is 2.25 bits per heavy atom. The summed E-state index contributed by atoms with van der Waals surface area (Å²) in [7, 11) is 0. The number of hydrogen-bond donors (Lipinski definition) is 4. The van der Waals surface area contributed by atoms with Crippen LogP contribution in [0.3, 0.4) is 0 Å². The Morgan fingerprint density at radius 1 is 1.50 bits per heavy atom. The molecule has 0 bridgehead atoms. The van der Waals surface area contributed by atoms with Crippen molar-refractivity contribution in [1.82, 2.24) is 10.6 Å². The van der Waals surface area contributed by atoms with Crippen molar-refractivity contribution in [2.24, 2.45) is 0 Å². The second-order valence-corrected chi connectivity index (χ2v) is 3.97. The Kier molecular flexibility index (Phi) is 5.21. The highest BCUT2D eigenvalue weighted by atomic mass is 16.4. The molecule has 0 aromatic carbocycles. The Balaban J connectivity index is 2.32. The molecule has 0 aromatic rings. The first kappa shape index (κ1) is 12.9. The van der Waals surface area contributed by atoms with Crippen molar-refractivity contribution in [3.63, 3.8) is 0 Å². The average Bonchev–Trinajstić information content (AvgIpc) is 2.69. The third kappa shape index (κ3) is 4.16. The molecule has 1 heterocycles. The van der Waals surface area contributed by atoms with E-state index in [4.69, 9.17) is 10.2 Å². The second-order valence-electron chi connectivity index (χ2n) is 3.97. The first-order valence-corrected chi connectivity index (χ1v) is 5.50. The van der Waals surface area contributed by atoms with Gasteiger partial charge in [-0.3, -0.25) is 4.79 Å². The predicted octanol–water partition coefficient (Wildman–Crippen LogP) is -0.920. The largest absolute Gasteiger partial charge is 0.480 e. The lowest BCUT2D eigenvalue weighted by Crippen LogP contribution is -2.43. The van der Waals surface area contributed by atoms with Crippen LogP contribution in [0.25, 0.3) is 0 Å².